The first-order chi connectivity index (χ1) is 14.3. The number of pyridine rings is 1. The molecule has 29 heavy (non-hydrogen) atoms. The second-order valence-electron chi connectivity index (χ2n) is 6.80. The van der Waals surface area contributed by atoms with Gasteiger partial charge >= 0.3 is 0 Å². The summed E-state index contributed by atoms with van der Waals surface area (Å²) in [7, 11) is 1.63. The van der Waals surface area contributed by atoms with E-state index in [0.717, 1.165) is 26.0 Å². The highest BCUT2D eigenvalue weighted by molar-refractivity contribution is 7.25. The lowest BCUT2D eigenvalue weighted by molar-refractivity contribution is 0.420. The van der Waals surface area contributed by atoms with Crippen molar-refractivity contribution in [2.45, 2.75) is 6.54 Å². The summed E-state index contributed by atoms with van der Waals surface area (Å²) in [6.07, 6.45) is 1.79. The number of hydrogen-bond acceptors (Lipinski definition) is 5. The molecule has 5 aromatic rings. The van der Waals surface area contributed by atoms with E-state index in [1.165, 1.54) is 16.9 Å². The Labute approximate surface area is 171 Å². The van der Waals surface area contributed by atoms with Crippen molar-refractivity contribution in [3.05, 3.63) is 88.7 Å². The van der Waals surface area contributed by atoms with Crippen LogP contribution in [0.5, 0.6) is 5.75 Å². The number of hydrogen-bond donors (Lipinski definition) is 1. The van der Waals surface area contributed by atoms with Crippen LogP contribution in [0, 0.1) is 0 Å². The van der Waals surface area contributed by atoms with Crippen LogP contribution >= 0.6 is 11.3 Å². The number of methoxy groups -OCH3 is 1. The lowest BCUT2D eigenvalue weighted by Crippen LogP contribution is -2.05. The zero-order valence-corrected chi connectivity index (χ0v) is 16.6. The van der Waals surface area contributed by atoms with E-state index in [-0.39, 0.29) is 5.43 Å². The third-order valence-electron chi connectivity index (χ3n) is 5.07. The Kier molecular flexibility index (Phi) is 4.37. The Morgan fingerprint density at radius 1 is 0.966 bits per heavy atom. The van der Waals surface area contributed by atoms with Crippen LogP contribution in [-0.2, 0) is 6.54 Å². The highest BCUT2D eigenvalue weighted by atomic mass is 32.1. The molecule has 0 saturated heterocycles. The maximum Gasteiger partial charge on any atom is 0.196 e. The molecule has 0 bridgehead atoms. The van der Waals surface area contributed by atoms with Crippen LogP contribution in [0.4, 0.5) is 5.69 Å². The third-order valence-corrected chi connectivity index (χ3v) is 6.22. The van der Waals surface area contributed by atoms with Gasteiger partial charge in [-0.3, -0.25) is 9.78 Å². The number of nitrogens with one attached hydrogen (secondary N) is 1. The van der Waals surface area contributed by atoms with Gasteiger partial charge < -0.3 is 10.1 Å². The van der Waals surface area contributed by atoms with Crippen LogP contribution < -0.4 is 15.5 Å². The van der Waals surface area contributed by atoms with Gasteiger partial charge in [0.2, 0.25) is 0 Å². The Balaban J connectivity index is 1.77. The number of benzene rings is 3. The lowest BCUT2D eigenvalue weighted by Gasteiger charge is -2.12. The molecule has 0 unspecified atom stereocenters. The van der Waals surface area contributed by atoms with Gasteiger partial charge in [-0.05, 0) is 29.8 Å². The lowest BCUT2D eigenvalue weighted by atomic mass is 10.1. The summed E-state index contributed by atoms with van der Waals surface area (Å²) >= 11 is 1.54. The molecule has 2 aromatic heterocycles. The second-order valence-corrected chi connectivity index (χ2v) is 7.86. The molecule has 0 fully saturated rings. The summed E-state index contributed by atoms with van der Waals surface area (Å²) in [4.78, 5) is 18.1. The molecule has 1 N–H and O–H groups in total. The molecule has 0 aliphatic carbocycles. The van der Waals surface area contributed by atoms with E-state index in [4.69, 9.17) is 4.74 Å². The molecule has 5 heteroatoms. The standard InChI is InChI=1S/C24H18N2O2S/c1-28-19-12-5-9-16-23(27)22-20(29-24(16)19)14-26-18-11-6-10-17(21(18)22)25-13-15-7-3-2-4-8-15/h2-12,14,25H,13H2,1H3. The molecule has 4 nitrogen and oxygen atoms in total. The zero-order chi connectivity index (χ0) is 19.8. The minimum atomic E-state index is 0.00834. The molecule has 5 rings (SSSR count). The predicted octanol–water partition coefficient (Wildman–Crippen LogP) is 5.58. The fraction of sp³-hybridized carbons (Fsp3) is 0.0833. The van der Waals surface area contributed by atoms with Crippen molar-refractivity contribution < 1.29 is 4.74 Å². The normalized spacial score (nSPS) is 11.2. The minimum absolute atomic E-state index is 0.00834. The van der Waals surface area contributed by atoms with Crippen molar-refractivity contribution in [1.29, 1.82) is 0 Å². The van der Waals surface area contributed by atoms with Crippen LogP contribution in [0.2, 0.25) is 0 Å². The van der Waals surface area contributed by atoms with Gasteiger partial charge in [-0.1, -0.05) is 42.5 Å². The van der Waals surface area contributed by atoms with Crippen LogP contribution in [0.3, 0.4) is 0 Å². The van der Waals surface area contributed by atoms with Crippen molar-refractivity contribution in [3.8, 4) is 5.75 Å². The van der Waals surface area contributed by atoms with E-state index < -0.39 is 0 Å². The first-order valence-corrected chi connectivity index (χ1v) is 10.2. The van der Waals surface area contributed by atoms with Gasteiger partial charge in [0.1, 0.15) is 5.75 Å². The molecule has 3 aromatic carbocycles. The Morgan fingerprint density at radius 2 is 1.79 bits per heavy atom. The van der Waals surface area contributed by atoms with Crippen LogP contribution in [-0.4, -0.2) is 12.1 Å². The van der Waals surface area contributed by atoms with Crippen molar-refractivity contribution in [2.24, 2.45) is 0 Å². The van der Waals surface area contributed by atoms with E-state index in [0.29, 0.717) is 23.1 Å². The van der Waals surface area contributed by atoms with Crippen molar-refractivity contribution in [3.63, 3.8) is 0 Å². The van der Waals surface area contributed by atoms with E-state index in [1.54, 1.807) is 13.3 Å². The molecule has 0 aliphatic rings. The smallest absolute Gasteiger partial charge is 0.196 e. The highest BCUT2D eigenvalue weighted by Gasteiger charge is 2.15. The maximum atomic E-state index is 13.5. The number of nitrogens with zero attached hydrogens (tertiary/aromatic N) is 1. The number of ether oxygens (including phenoxy) is 1. The average molecular weight is 398 g/mol. The summed E-state index contributed by atoms with van der Waals surface area (Å²) in [5.74, 6) is 0.710. The zero-order valence-electron chi connectivity index (χ0n) is 15.8. The Morgan fingerprint density at radius 3 is 2.62 bits per heavy atom. The molecule has 142 valence electrons. The highest BCUT2D eigenvalue weighted by Crippen LogP contribution is 2.36. The van der Waals surface area contributed by atoms with Gasteiger partial charge in [-0.2, -0.15) is 0 Å². The maximum absolute atomic E-state index is 13.5. The summed E-state index contributed by atoms with van der Waals surface area (Å²) in [6.45, 7) is 0.676. The fourth-order valence-corrected chi connectivity index (χ4v) is 4.82. The first kappa shape index (κ1) is 17.6. The molecule has 0 atom stereocenters. The van der Waals surface area contributed by atoms with E-state index >= 15 is 0 Å². The quantitative estimate of drug-likeness (QED) is 0.317. The van der Waals surface area contributed by atoms with E-state index in [1.807, 2.05) is 54.6 Å². The fourth-order valence-electron chi connectivity index (χ4n) is 3.67. The van der Waals surface area contributed by atoms with E-state index in [9.17, 15) is 4.79 Å². The van der Waals surface area contributed by atoms with Crippen LogP contribution in [0.25, 0.3) is 31.1 Å². The summed E-state index contributed by atoms with van der Waals surface area (Å²) in [5.41, 5.74) is 2.91. The van der Waals surface area contributed by atoms with Crippen molar-refractivity contribution in [2.75, 3.05) is 12.4 Å². The SMILES string of the molecule is COc1cccc2c(=O)c3c(cnc4cccc(NCc5ccccc5)c43)sc12. The number of anilines is 1. The number of fused-ring (bicyclic) bond motifs is 4. The van der Waals surface area contributed by atoms with Gasteiger partial charge in [-0.15, -0.1) is 11.3 Å². The van der Waals surface area contributed by atoms with Gasteiger partial charge in [0, 0.05) is 29.2 Å². The molecule has 0 spiro atoms. The van der Waals surface area contributed by atoms with Gasteiger partial charge in [0.15, 0.2) is 5.43 Å². The molecule has 2 heterocycles. The second kappa shape index (κ2) is 7.18. The van der Waals surface area contributed by atoms with E-state index in [2.05, 4.69) is 22.4 Å². The number of aromatic nitrogens is 1. The Hall–Kier alpha value is -3.44. The number of rotatable bonds is 4. The van der Waals surface area contributed by atoms with Crippen molar-refractivity contribution in [1.82, 2.24) is 4.98 Å². The monoisotopic (exact) mass is 398 g/mol. The topological polar surface area (TPSA) is 51.2 Å². The molecular weight excluding hydrogens is 380 g/mol. The average Bonchev–Trinajstić information content (AvgIpc) is 2.77. The van der Waals surface area contributed by atoms with Crippen LogP contribution in [0.1, 0.15) is 5.56 Å². The minimum Gasteiger partial charge on any atom is -0.495 e. The van der Waals surface area contributed by atoms with Gasteiger partial charge in [-0.25, -0.2) is 0 Å². The third kappa shape index (κ3) is 3.00. The van der Waals surface area contributed by atoms with Crippen LogP contribution in [0.15, 0.2) is 77.7 Å². The Bertz CT molecular complexity index is 1410. The molecule has 0 amide bonds. The first-order valence-electron chi connectivity index (χ1n) is 9.35. The summed E-state index contributed by atoms with van der Waals surface area (Å²) in [5, 5.41) is 5.74. The van der Waals surface area contributed by atoms with Gasteiger partial charge in [0.05, 0.1) is 27.4 Å². The molecular formula is C24H18N2O2S. The molecule has 0 radical (unpaired) electrons. The van der Waals surface area contributed by atoms with Crippen molar-refractivity contribution >= 4 is 48.1 Å². The largest absolute Gasteiger partial charge is 0.495 e. The summed E-state index contributed by atoms with van der Waals surface area (Å²) in [6, 6.07) is 21.7. The summed E-state index contributed by atoms with van der Waals surface area (Å²) < 4.78 is 7.17. The molecule has 0 aliphatic heterocycles. The van der Waals surface area contributed by atoms with Gasteiger partial charge in [0.25, 0.3) is 0 Å². The predicted molar refractivity (Wildman–Crippen MR) is 121 cm³/mol. The molecule has 0 saturated carbocycles.